The summed E-state index contributed by atoms with van der Waals surface area (Å²) < 4.78 is 33.0. The number of nitrogens with one attached hydrogen (secondary N) is 2. The second-order valence-corrected chi connectivity index (χ2v) is 8.22. The third-order valence-electron chi connectivity index (χ3n) is 5.77. The molecule has 2 heterocycles. The SMILES string of the molecule is CCNC(=NCC1CCN(Cc2nc(C)c(C)o2)CC1)NC(C)c1ccc(F)cc1F. The third-order valence-corrected chi connectivity index (χ3v) is 5.77. The second kappa shape index (κ2) is 10.7. The van der Waals surface area contributed by atoms with Crippen molar-refractivity contribution in [3.63, 3.8) is 0 Å². The summed E-state index contributed by atoms with van der Waals surface area (Å²) in [4.78, 5) is 11.6. The molecular formula is C23H33F2N5O. The predicted molar refractivity (Wildman–Crippen MR) is 118 cm³/mol. The van der Waals surface area contributed by atoms with Gasteiger partial charge in [0.25, 0.3) is 0 Å². The zero-order valence-electron chi connectivity index (χ0n) is 18.8. The fourth-order valence-electron chi connectivity index (χ4n) is 3.80. The molecule has 6 nitrogen and oxygen atoms in total. The van der Waals surface area contributed by atoms with Crippen molar-refractivity contribution in [3.8, 4) is 0 Å². The number of piperidine rings is 1. The quantitative estimate of drug-likeness (QED) is 0.508. The van der Waals surface area contributed by atoms with E-state index in [9.17, 15) is 8.78 Å². The fraction of sp³-hybridized carbons (Fsp3) is 0.565. The average molecular weight is 434 g/mol. The first-order chi connectivity index (χ1) is 14.9. The highest BCUT2D eigenvalue weighted by Gasteiger charge is 2.21. The van der Waals surface area contributed by atoms with Crippen molar-refractivity contribution in [2.24, 2.45) is 10.9 Å². The number of likely N-dealkylation sites (tertiary alicyclic amines) is 1. The first kappa shape index (κ1) is 23.2. The number of rotatable bonds is 7. The lowest BCUT2D eigenvalue weighted by atomic mass is 9.97. The summed E-state index contributed by atoms with van der Waals surface area (Å²) in [6.07, 6.45) is 2.12. The lowest BCUT2D eigenvalue weighted by Crippen LogP contribution is -2.40. The molecule has 1 aliphatic heterocycles. The molecule has 0 spiro atoms. The van der Waals surface area contributed by atoms with Crippen LogP contribution in [0.4, 0.5) is 8.78 Å². The molecule has 1 atom stereocenters. The first-order valence-electron chi connectivity index (χ1n) is 11.0. The van der Waals surface area contributed by atoms with Crippen LogP contribution < -0.4 is 10.6 Å². The van der Waals surface area contributed by atoms with E-state index in [1.165, 1.54) is 12.1 Å². The van der Waals surface area contributed by atoms with Crippen molar-refractivity contribution in [2.75, 3.05) is 26.2 Å². The molecule has 2 aromatic rings. The Morgan fingerprint density at radius 1 is 1.29 bits per heavy atom. The van der Waals surface area contributed by atoms with Crippen LogP contribution in [0.25, 0.3) is 0 Å². The highest BCUT2D eigenvalue weighted by Crippen LogP contribution is 2.21. The Labute approximate surface area is 183 Å². The van der Waals surface area contributed by atoms with Crippen molar-refractivity contribution in [2.45, 2.75) is 53.1 Å². The van der Waals surface area contributed by atoms with Crippen molar-refractivity contribution in [1.29, 1.82) is 0 Å². The summed E-state index contributed by atoms with van der Waals surface area (Å²) in [6, 6.07) is 3.33. The summed E-state index contributed by atoms with van der Waals surface area (Å²) in [5.74, 6) is 1.68. The van der Waals surface area contributed by atoms with E-state index in [1.807, 2.05) is 27.7 Å². The molecule has 1 aromatic carbocycles. The van der Waals surface area contributed by atoms with E-state index in [4.69, 9.17) is 9.41 Å². The summed E-state index contributed by atoms with van der Waals surface area (Å²) >= 11 is 0. The van der Waals surface area contributed by atoms with Gasteiger partial charge >= 0.3 is 0 Å². The van der Waals surface area contributed by atoms with Crippen molar-refractivity contribution < 1.29 is 13.2 Å². The Kier molecular flexibility index (Phi) is 8.01. The number of aliphatic imine (C=N–C) groups is 1. The van der Waals surface area contributed by atoms with Crippen LogP contribution in [0, 0.1) is 31.4 Å². The summed E-state index contributed by atoms with van der Waals surface area (Å²) in [5.41, 5.74) is 1.37. The highest BCUT2D eigenvalue weighted by atomic mass is 19.1. The van der Waals surface area contributed by atoms with Gasteiger partial charge in [-0.15, -0.1) is 0 Å². The monoisotopic (exact) mass is 433 g/mol. The summed E-state index contributed by atoms with van der Waals surface area (Å²) in [5, 5.41) is 6.44. The van der Waals surface area contributed by atoms with Crippen LogP contribution in [0.2, 0.25) is 0 Å². The summed E-state index contributed by atoms with van der Waals surface area (Å²) in [7, 11) is 0. The van der Waals surface area contributed by atoms with Gasteiger partial charge in [0.15, 0.2) is 5.96 Å². The molecule has 1 unspecified atom stereocenters. The van der Waals surface area contributed by atoms with Gasteiger partial charge < -0.3 is 15.1 Å². The molecule has 1 fully saturated rings. The van der Waals surface area contributed by atoms with Crippen molar-refractivity contribution >= 4 is 5.96 Å². The molecule has 0 bridgehead atoms. The van der Waals surface area contributed by atoms with Gasteiger partial charge in [0.2, 0.25) is 5.89 Å². The minimum atomic E-state index is -0.575. The Balaban J connectivity index is 1.51. The molecule has 0 radical (unpaired) electrons. The maximum atomic E-state index is 14.1. The number of hydrogen-bond donors (Lipinski definition) is 2. The number of aromatic nitrogens is 1. The van der Waals surface area contributed by atoms with Crippen LogP contribution in [0.1, 0.15) is 55.6 Å². The Hall–Kier alpha value is -2.48. The van der Waals surface area contributed by atoms with Gasteiger partial charge in [-0.2, -0.15) is 0 Å². The molecule has 0 saturated carbocycles. The van der Waals surface area contributed by atoms with Crippen LogP contribution >= 0.6 is 0 Å². The molecular weight excluding hydrogens is 400 g/mol. The van der Waals surface area contributed by atoms with E-state index in [-0.39, 0.29) is 6.04 Å². The van der Waals surface area contributed by atoms with E-state index in [0.29, 0.717) is 30.5 Å². The Bertz CT molecular complexity index is 871. The number of guanidine groups is 1. The Morgan fingerprint density at radius 3 is 2.65 bits per heavy atom. The fourth-order valence-corrected chi connectivity index (χ4v) is 3.80. The molecule has 0 amide bonds. The third kappa shape index (κ3) is 6.50. The largest absolute Gasteiger partial charge is 0.444 e. The number of oxazole rings is 1. The number of nitrogens with zero attached hydrogens (tertiary/aromatic N) is 3. The van der Waals surface area contributed by atoms with Gasteiger partial charge in [-0.1, -0.05) is 6.07 Å². The van der Waals surface area contributed by atoms with Gasteiger partial charge in [0.1, 0.15) is 17.4 Å². The minimum absolute atomic E-state index is 0.326. The number of benzene rings is 1. The second-order valence-electron chi connectivity index (χ2n) is 8.22. The van der Waals surface area contributed by atoms with E-state index in [2.05, 4.69) is 20.5 Å². The van der Waals surface area contributed by atoms with E-state index >= 15 is 0 Å². The lowest BCUT2D eigenvalue weighted by molar-refractivity contribution is 0.166. The van der Waals surface area contributed by atoms with Gasteiger partial charge in [-0.05, 0) is 65.6 Å². The van der Waals surface area contributed by atoms with E-state index < -0.39 is 11.6 Å². The van der Waals surface area contributed by atoms with Crippen LogP contribution in [-0.2, 0) is 6.54 Å². The number of hydrogen-bond acceptors (Lipinski definition) is 4. The maximum Gasteiger partial charge on any atom is 0.208 e. The molecule has 8 heteroatoms. The van der Waals surface area contributed by atoms with Gasteiger partial charge in [0.05, 0.1) is 18.3 Å². The molecule has 170 valence electrons. The highest BCUT2D eigenvalue weighted by molar-refractivity contribution is 5.80. The maximum absolute atomic E-state index is 14.1. The van der Waals surface area contributed by atoms with E-state index in [0.717, 1.165) is 55.9 Å². The molecule has 1 aliphatic rings. The zero-order valence-corrected chi connectivity index (χ0v) is 18.8. The average Bonchev–Trinajstić information content (AvgIpc) is 3.04. The first-order valence-corrected chi connectivity index (χ1v) is 11.0. The molecule has 3 rings (SSSR count). The topological polar surface area (TPSA) is 65.7 Å². The standard InChI is InChI=1S/C23H33F2N5O/c1-5-26-23(29-16(3)20-7-6-19(24)12-21(20)25)27-13-18-8-10-30(11-9-18)14-22-28-15(2)17(4)31-22/h6-7,12,16,18H,5,8-11,13-14H2,1-4H3,(H2,26,27,29). The zero-order chi connectivity index (χ0) is 22.4. The smallest absolute Gasteiger partial charge is 0.208 e. The van der Waals surface area contributed by atoms with Gasteiger partial charge in [-0.3, -0.25) is 9.89 Å². The molecule has 31 heavy (non-hydrogen) atoms. The van der Waals surface area contributed by atoms with E-state index in [1.54, 1.807) is 0 Å². The number of aryl methyl sites for hydroxylation is 2. The molecule has 1 aromatic heterocycles. The van der Waals surface area contributed by atoms with Crippen LogP contribution in [0.15, 0.2) is 27.6 Å². The lowest BCUT2D eigenvalue weighted by Gasteiger charge is -2.30. The minimum Gasteiger partial charge on any atom is -0.444 e. The predicted octanol–water partition coefficient (Wildman–Crippen LogP) is 4.10. The number of halogens is 2. The van der Waals surface area contributed by atoms with Crippen LogP contribution in [-0.4, -0.2) is 42.0 Å². The molecule has 2 N–H and O–H groups in total. The van der Waals surface area contributed by atoms with Crippen molar-refractivity contribution in [3.05, 3.63) is 52.7 Å². The van der Waals surface area contributed by atoms with Gasteiger partial charge in [-0.25, -0.2) is 13.8 Å². The van der Waals surface area contributed by atoms with Crippen LogP contribution in [0.5, 0.6) is 0 Å². The van der Waals surface area contributed by atoms with Crippen molar-refractivity contribution in [1.82, 2.24) is 20.5 Å². The Morgan fingerprint density at radius 2 is 2.03 bits per heavy atom. The summed E-state index contributed by atoms with van der Waals surface area (Å²) in [6.45, 7) is 11.9. The normalized spacial score (nSPS) is 17.0. The van der Waals surface area contributed by atoms with Crippen LogP contribution in [0.3, 0.4) is 0 Å². The molecule has 0 aliphatic carbocycles. The molecule has 1 saturated heterocycles. The van der Waals surface area contributed by atoms with Gasteiger partial charge in [0, 0.05) is 24.7 Å².